The molecular formula is C30H19F19N2O4. The van der Waals surface area contributed by atoms with Crippen molar-refractivity contribution in [1.82, 2.24) is 0 Å². The SMILES string of the molecule is CCCCCC(=O)Nc1ccc(NC(=O)C(F)(F)C(F)(F)C(F)(F)C(F)(F)C(F)(F)C(F)(F)C(F)(F)C(F)(F)C(F)(F)F)c2c1C(=O)c1ccccc1C2=O. The molecule has 0 aromatic heterocycles. The summed E-state index contributed by atoms with van der Waals surface area (Å²) in [6.45, 7) is 1.75. The molecule has 1 aliphatic rings. The Morgan fingerprint density at radius 3 is 1.25 bits per heavy atom. The zero-order chi connectivity index (χ0) is 42.8. The van der Waals surface area contributed by atoms with Crippen LogP contribution in [-0.2, 0) is 9.59 Å². The van der Waals surface area contributed by atoms with Gasteiger partial charge in [-0.2, -0.15) is 83.4 Å². The Labute approximate surface area is 293 Å². The van der Waals surface area contributed by atoms with Crippen LogP contribution in [0.25, 0.3) is 0 Å². The summed E-state index contributed by atoms with van der Waals surface area (Å²) in [6, 6.07) is 5.01. The highest BCUT2D eigenvalue weighted by molar-refractivity contribution is 6.32. The van der Waals surface area contributed by atoms with Crippen LogP contribution in [0, 0.1) is 0 Å². The van der Waals surface area contributed by atoms with Crippen LogP contribution in [0.1, 0.15) is 64.4 Å². The van der Waals surface area contributed by atoms with Gasteiger partial charge in [-0.1, -0.05) is 44.0 Å². The minimum atomic E-state index is -9.19. The number of rotatable bonds is 14. The lowest BCUT2D eigenvalue weighted by Crippen LogP contribution is -2.76. The molecule has 0 fully saturated rings. The fourth-order valence-electron chi connectivity index (χ4n) is 4.88. The number of anilines is 2. The van der Waals surface area contributed by atoms with E-state index < -0.39 is 111 Å². The molecule has 0 atom stereocenters. The van der Waals surface area contributed by atoms with Crippen molar-refractivity contribution in [1.29, 1.82) is 0 Å². The fourth-order valence-corrected chi connectivity index (χ4v) is 4.88. The number of carbonyl (C=O) groups is 4. The zero-order valence-electron chi connectivity index (χ0n) is 26.6. The summed E-state index contributed by atoms with van der Waals surface area (Å²) in [5.41, 5.74) is -5.45. The quantitative estimate of drug-likeness (QED) is 0.125. The van der Waals surface area contributed by atoms with Crippen LogP contribution in [0.5, 0.6) is 0 Å². The molecular weight excluding hydrogens is 813 g/mol. The molecule has 0 aliphatic heterocycles. The predicted molar refractivity (Wildman–Crippen MR) is 147 cm³/mol. The molecule has 1 aliphatic carbocycles. The Morgan fingerprint density at radius 1 is 0.509 bits per heavy atom. The van der Waals surface area contributed by atoms with Crippen molar-refractivity contribution in [3.8, 4) is 0 Å². The molecule has 0 saturated heterocycles. The van der Waals surface area contributed by atoms with Gasteiger partial charge in [-0.3, -0.25) is 19.2 Å². The molecule has 6 nitrogen and oxygen atoms in total. The van der Waals surface area contributed by atoms with E-state index in [4.69, 9.17) is 0 Å². The second-order valence-corrected chi connectivity index (χ2v) is 11.7. The molecule has 0 saturated carbocycles. The second kappa shape index (κ2) is 13.8. The maximum Gasteiger partial charge on any atom is 0.460 e. The van der Waals surface area contributed by atoms with Gasteiger partial charge in [0.05, 0.1) is 22.5 Å². The smallest absolute Gasteiger partial charge is 0.325 e. The van der Waals surface area contributed by atoms with E-state index in [0.29, 0.717) is 24.2 Å². The highest BCUT2D eigenvalue weighted by Crippen LogP contribution is 2.65. The van der Waals surface area contributed by atoms with Crippen LogP contribution in [0.4, 0.5) is 94.8 Å². The molecule has 306 valence electrons. The van der Waals surface area contributed by atoms with E-state index in [1.54, 1.807) is 6.92 Å². The maximum atomic E-state index is 14.8. The lowest BCUT2D eigenvalue weighted by molar-refractivity contribution is -0.467. The molecule has 0 radical (unpaired) electrons. The van der Waals surface area contributed by atoms with Crippen LogP contribution in [0.3, 0.4) is 0 Å². The summed E-state index contributed by atoms with van der Waals surface area (Å²) in [6.07, 6.45) is -6.89. The highest BCUT2D eigenvalue weighted by atomic mass is 19.4. The van der Waals surface area contributed by atoms with Gasteiger partial charge in [0.25, 0.3) is 0 Å². The van der Waals surface area contributed by atoms with Gasteiger partial charge in [-0.25, -0.2) is 0 Å². The molecule has 2 amide bonds. The van der Waals surface area contributed by atoms with E-state index in [1.165, 1.54) is 6.07 Å². The maximum absolute atomic E-state index is 14.8. The topological polar surface area (TPSA) is 92.3 Å². The standard InChI is InChI=1S/C30H19F19N2O4/c1-2-3-4-9-16(52)50-14-10-11-15(18-17(14)19(53)12-7-5-6-8-13(12)20(18)54)51-21(55)22(31,32)23(33,34)24(35,36)25(37,38)26(39,40)27(41,42)28(43,44)29(45,46)30(47,48)49/h5-8,10-11H,2-4,9H2,1H3,(H,50,52)(H,51,55). The van der Waals surface area contributed by atoms with E-state index in [9.17, 15) is 103 Å². The van der Waals surface area contributed by atoms with Gasteiger partial charge in [0, 0.05) is 17.5 Å². The third kappa shape index (κ3) is 6.52. The van der Waals surface area contributed by atoms with Crippen LogP contribution in [0.2, 0.25) is 0 Å². The molecule has 0 unspecified atom stereocenters. The number of amides is 2. The number of halogens is 19. The third-order valence-electron chi connectivity index (χ3n) is 8.01. The van der Waals surface area contributed by atoms with Crippen molar-refractivity contribution in [2.75, 3.05) is 10.6 Å². The molecule has 0 heterocycles. The van der Waals surface area contributed by atoms with Crippen molar-refractivity contribution in [3.05, 3.63) is 58.7 Å². The molecule has 55 heavy (non-hydrogen) atoms. The third-order valence-corrected chi connectivity index (χ3v) is 8.01. The lowest BCUT2D eigenvalue weighted by atomic mass is 9.82. The first-order valence-corrected chi connectivity index (χ1v) is 14.7. The van der Waals surface area contributed by atoms with Gasteiger partial charge >= 0.3 is 59.5 Å². The molecule has 2 aromatic rings. The van der Waals surface area contributed by atoms with Crippen molar-refractivity contribution in [3.63, 3.8) is 0 Å². The zero-order valence-corrected chi connectivity index (χ0v) is 26.6. The Hall–Kier alpha value is -4.61. The van der Waals surface area contributed by atoms with Crippen molar-refractivity contribution in [2.45, 2.75) is 86.2 Å². The largest absolute Gasteiger partial charge is 0.460 e. The molecule has 2 N–H and O–H groups in total. The number of alkyl halides is 19. The average molecular weight is 832 g/mol. The summed E-state index contributed by atoms with van der Waals surface area (Å²) in [5, 5.41) is 2.83. The van der Waals surface area contributed by atoms with Crippen LogP contribution < -0.4 is 10.6 Å². The first kappa shape index (κ1) is 44.8. The van der Waals surface area contributed by atoms with E-state index in [2.05, 4.69) is 5.32 Å². The summed E-state index contributed by atoms with van der Waals surface area (Å²) in [5.74, 6) is -77.3. The van der Waals surface area contributed by atoms with E-state index >= 15 is 0 Å². The predicted octanol–water partition coefficient (Wildman–Crippen LogP) is 9.56. The minimum Gasteiger partial charge on any atom is -0.325 e. The summed E-state index contributed by atoms with van der Waals surface area (Å²) >= 11 is 0. The lowest BCUT2D eigenvalue weighted by Gasteiger charge is -2.43. The second-order valence-electron chi connectivity index (χ2n) is 11.7. The van der Waals surface area contributed by atoms with Gasteiger partial charge in [0.1, 0.15) is 0 Å². The number of ketones is 2. The van der Waals surface area contributed by atoms with Crippen molar-refractivity contribution < 1.29 is 103 Å². The van der Waals surface area contributed by atoms with Crippen molar-refractivity contribution in [2.24, 2.45) is 0 Å². The first-order valence-electron chi connectivity index (χ1n) is 14.7. The number of fused-ring (bicyclic) bond motifs is 2. The molecule has 2 aromatic carbocycles. The van der Waals surface area contributed by atoms with Gasteiger partial charge in [0.15, 0.2) is 11.6 Å². The summed E-state index contributed by atoms with van der Waals surface area (Å²) in [7, 11) is 0. The number of nitrogens with one attached hydrogen (secondary N) is 2. The van der Waals surface area contributed by atoms with E-state index in [-0.39, 0.29) is 18.9 Å². The van der Waals surface area contributed by atoms with Crippen LogP contribution >= 0.6 is 0 Å². The molecule has 3 rings (SSSR count). The molecule has 0 bridgehead atoms. The number of hydrogen-bond acceptors (Lipinski definition) is 4. The number of hydrogen-bond donors (Lipinski definition) is 2. The highest BCUT2D eigenvalue weighted by Gasteiger charge is 2.97. The summed E-state index contributed by atoms with van der Waals surface area (Å²) < 4.78 is 261. The number of carbonyl (C=O) groups excluding carboxylic acids is 4. The van der Waals surface area contributed by atoms with Gasteiger partial charge in [-0.05, 0) is 18.6 Å². The van der Waals surface area contributed by atoms with E-state index in [0.717, 1.165) is 18.2 Å². The first-order chi connectivity index (χ1) is 24.6. The molecule has 25 heteroatoms. The van der Waals surface area contributed by atoms with Crippen LogP contribution in [-0.4, -0.2) is 76.9 Å². The number of benzene rings is 2. The molecule has 0 spiro atoms. The van der Waals surface area contributed by atoms with E-state index in [1.807, 2.05) is 0 Å². The Balaban J connectivity index is 2.13. The monoisotopic (exact) mass is 832 g/mol. The van der Waals surface area contributed by atoms with Gasteiger partial charge in [-0.15, -0.1) is 0 Å². The minimum absolute atomic E-state index is 0.229. The Morgan fingerprint density at radius 2 is 0.873 bits per heavy atom. The Bertz CT molecular complexity index is 1870. The number of unbranched alkanes of at least 4 members (excludes halogenated alkanes) is 2. The average Bonchev–Trinajstić information content (AvgIpc) is 3.06. The van der Waals surface area contributed by atoms with Gasteiger partial charge < -0.3 is 10.6 Å². The Kier molecular flexibility index (Phi) is 11.3. The van der Waals surface area contributed by atoms with Gasteiger partial charge in [0.2, 0.25) is 5.91 Å². The van der Waals surface area contributed by atoms with Crippen LogP contribution in [0.15, 0.2) is 36.4 Å². The normalized spacial score (nSPS) is 15.1. The fraction of sp³-hybridized carbons (Fsp3) is 0.467. The van der Waals surface area contributed by atoms with Crippen molar-refractivity contribution >= 4 is 34.8 Å². The summed E-state index contributed by atoms with van der Waals surface area (Å²) in [4.78, 5) is 51.5.